The number of hydrogen-bond donors (Lipinski definition) is 0. The highest BCUT2D eigenvalue weighted by molar-refractivity contribution is 5.94. The number of nitrogens with zero attached hydrogens (tertiary/aromatic N) is 5. The molecule has 0 N–H and O–H groups in total. The van der Waals surface area contributed by atoms with E-state index in [1.54, 1.807) is 6.20 Å². The molecule has 0 unspecified atom stereocenters. The van der Waals surface area contributed by atoms with Crippen LogP contribution in [-0.4, -0.2) is 36.9 Å². The Hall–Kier alpha value is -3.02. The van der Waals surface area contributed by atoms with Crippen molar-refractivity contribution in [2.75, 3.05) is 6.54 Å². The molecule has 1 atom stereocenters. The lowest BCUT2D eigenvalue weighted by molar-refractivity contribution is 0.0605. The molecule has 0 aliphatic carbocycles. The van der Waals surface area contributed by atoms with Gasteiger partial charge in [0, 0.05) is 31.5 Å². The minimum Gasteiger partial charge on any atom is -0.333 e. The lowest BCUT2D eigenvalue weighted by Gasteiger charge is -2.35. The summed E-state index contributed by atoms with van der Waals surface area (Å²) in [5.41, 5.74) is 2.41. The number of carbonyl (C=O) groups excluding carboxylic acids is 1. The van der Waals surface area contributed by atoms with Crippen LogP contribution in [0.3, 0.4) is 0 Å². The third kappa shape index (κ3) is 3.47. The second-order valence-corrected chi connectivity index (χ2v) is 6.96. The first-order valence-electron chi connectivity index (χ1n) is 9.33. The van der Waals surface area contributed by atoms with Crippen molar-refractivity contribution >= 4 is 5.91 Å². The summed E-state index contributed by atoms with van der Waals surface area (Å²) in [6.45, 7) is 2.64. The van der Waals surface area contributed by atoms with E-state index < -0.39 is 0 Å². The summed E-state index contributed by atoms with van der Waals surface area (Å²) in [6, 6.07) is 11.4. The molecule has 0 bridgehead atoms. The number of carbonyl (C=O) groups is 1. The summed E-state index contributed by atoms with van der Waals surface area (Å²) in [6.07, 6.45) is 6.68. The van der Waals surface area contributed by atoms with Gasteiger partial charge < -0.3 is 9.47 Å². The van der Waals surface area contributed by atoms with E-state index in [2.05, 4.69) is 15.0 Å². The predicted octanol–water partition coefficient (Wildman–Crippen LogP) is 3.55. The Kier molecular flexibility index (Phi) is 4.71. The maximum Gasteiger partial charge on any atom is 0.254 e. The Morgan fingerprint density at radius 1 is 1.15 bits per heavy atom. The van der Waals surface area contributed by atoms with Gasteiger partial charge in [0.1, 0.15) is 11.5 Å². The summed E-state index contributed by atoms with van der Waals surface area (Å²) in [5.74, 6) is 1.57. The van der Waals surface area contributed by atoms with E-state index in [-0.39, 0.29) is 11.9 Å². The van der Waals surface area contributed by atoms with Gasteiger partial charge in [-0.1, -0.05) is 18.2 Å². The van der Waals surface area contributed by atoms with Crippen LogP contribution in [0.4, 0.5) is 0 Å². The van der Waals surface area contributed by atoms with Crippen molar-refractivity contribution in [2.45, 2.75) is 32.2 Å². The number of aromatic nitrogens is 4. The van der Waals surface area contributed by atoms with E-state index in [9.17, 15) is 4.79 Å². The van der Waals surface area contributed by atoms with Crippen molar-refractivity contribution in [3.05, 3.63) is 65.9 Å². The summed E-state index contributed by atoms with van der Waals surface area (Å²) in [5, 5.41) is 0. The summed E-state index contributed by atoms with van der Waals surface area (Å²) in [4.78, 5) is 28.7. The largest absolute Gasteiger partial charge is 0.333 e. The van der Waals surface area contributed by atoms with Crippen LogP contribution in [0.5, 0.6) is 0 Å². The van der Waals surface area contributed by atoms with E-state index in [1.165, 1.54) is 0 Å². The van der Waals surface area contributed by atoms with Crippen LogP contribution in [0.15, 0.2) is 48.8 Å². The topological polar surface area (TPSA) is 63.9 Å². The van der Waals surface area contributed by atoms with Gasteiger partial charge in [-0.15, -0.1) is 0 Å². The number of aryl methyl sites for hydroxylation is 2. The Bertz CT molecular complexity index is 950. The van der Waals surface area contributed by atoms with Crippen LogP contribution in [0, 0.1) is 6.92 Å². The molecule has 3 aromatic rings. The summed E-state index contributed by atoms with van der Waals surface area (Å²) < 4.78 is 1.94. The molecule has 0 saturated carbocycles. The molecule has 1 aliphatic rings. The average molecular weight is 361 g/mol. The zero-order valence-corrected chi connectivity index (χ0v) is 15.7. The normalized spacial score (nSPS) is 17.1. The minimum absolute atomic E-state index is 0.0350. The zero-order chi connectivity index (χ0) is 18.8. The quantitative estimate of drug-likeness (QED) is 0.716. The first kappa shape index (κ1) is 17.4. The van der Waals surface area contributed by atoms with E-state index in [1.807, 2.05) is 66.0 Å². The van der Waals surface area contributed by atoms with Gasteiger partial charge in [-0.2, -0.15) is 0 Å². The Labute approximate surface area is 158 Å². The van der Waals surface area contributed by atoms with Gasteiger partial charge in [-0.05, 0) is 44.4 Å². The lowest BCUT2D eigenvalue weighted by Crippen LogP contribution is -2.39. The van der Waals surface area contributed by atoms with Crippen molar-refractivity contribution < 1.29 is 4.79 Å². The molecular weight excluding hydrogens is 338 g/mol. The molecule has 1 aromatic carbocycles. The molecule has 0 spiro atoms. The standard InChI is InChI=1S/C21H23N5O/c1-15-23-17(14-18(24-15)20-22-11-13-25(20)2)19-10-6-7-12-26(19)21(27)16-8-4-3-5-9-16/h3-5,8-9,11,13-14,19H,6-7,10,12H2,1-2H3/t19-/m0/s1. The Morgan fingerprint density at radius 2 is 1.96 bits per heavy atom. The third-order valence-corrected chi connectivity index (χ3v) is 5.03. The molecular formula is C21H23N5O. The molecule has 1 aliphatic heterocycles. The van der Waals surface area contributed by atoms with Gasteiger partial charge in [0.25, 0.3) is 5.91 Å². The molecule has 1 saturated heterocycles. The first-order chi connectivity index (χ1) is 13.1. The van der Waals surface area contributed by atoms with Gasteiger partial charge in [0.05, 0.1) is 11.7 Å². The van der Waals surface area contributed by atoms with Gasteiger partial charge in [0.2, 0.25) is 0 Å². The van der Waals surface area contributed by atoms with Crippen molar-refractivity contribution in [3.63, 3.8) is 0 Å². The molecule has 1 fully saturated rings. The Balaban J connectivity index is 1.71. The fourth-order valence-electron chi connectivity index (χ4n) is 3.72. The van der Waals surface area contributed by atoms with E-state index >= 15 is 0 Å². The number of benzene rings is 1. The first-order valence-corrected chi connectivity index (χ1v) is 9.33. The van der Waals surface area contributed by atoms with E-state index in [0.717, 1.165) is 48.6 Å². The highest BCUT2D eigenvalue weighted by atomic mass is 16.2. The number of likely N-dealkylation sites (tertiary alicyclic amines) is 1. The molecule has 27 heavy (non-hydrogen) atoms. The smallest absolute Gasteiger partial charge is 0.254 e. The number of amides is 1. The van der Waals surface area contributed by atoms with Crippen molar-refractivity contribution in [3.8, 4) is 11.5 Å². The minimum atomic E-state index is -0.0350. The predicted molar refractivity (Wildman–Crippen MR) is 103 cm³/mol. The fraction of sp³-hybridized carbons (Fsp3) is 0.333. The zero-order valence-electron chi connectivity index (χ0n) is 15.7. The van der Waals surface area contributed by atoms with Crippen LogP contribution in [0.2, 0.25) is 0 Å². The van der Waals surface area contributed by atoms with Gasteiger partial charge in [-0.25, -0.2) is 15.0 Å². The third-order valence-electron chi connectivity index (χ3n) is 5.03. The number of imidazole rings is 1. The molecule has 2 aromatic heterocycles. The molecule has 1 amide bonds. The molecule has 6 heteroatoms. The van der Waals surface area contributed by atoms with E-state index in [4.69, 9.17) is 0 Å². The van der Waals surface area contributed by atoms with Crippen LogP contribution in [-0.2, 0) is 7.05 Å². The maximum atomic E-state index is 13.1. The SMILES string of the molecule is Cc1nc(-c2nccn2C)cc([C@@H]2CCCCN2C(=O)c2ccccc2)n1. The molecule has 6 nitrogen and oxygen atoms in total. The van der Waals surface area contributed by atoms with Crippen LogP contribution in [0.1, 0.15) is 47.2 Å². The fourth-order valence-corrected chi connectivity index (χ4v) is 3.72. The van der Waals surface area contributed by atoms with Crippen molar-refractivity contribution in [1.29, 1.82) is 0 Å². The summed E-state index contributed by atoms with van der Waals surface area (Å²) >= 11 is 0. The van der Waals surface area contributed by atoms with Gasteiger partial charge in [-0.3, -0.25) is 4.79 Å². The number of rotatable bonds is 3. The molecule has 0 radical (unpaired) electrons. The highest BCUT2D eigenvalue weighted by Gasteiger charge is 2.30. The molecule has 4 rings (SSSR count). The summed E-state index contributed by atoms with van der Waals surface area (Å²) in [7, 11) is 1.95. The van der Waals surface area contributed by atoms with Crippen LogP contribution < -0.4 is 0 Å². The van der Waals surface area contributed by atoms with E-state index in [0.29, 0.717) is 5.82 Å². The average Bonchev–Trinajstić information content (AvgIpc) is 3.13. The highest BCUT2D eigenvalue weighted by Crippen LogP contribution is 2.32. The second-order valence-electron chi connectivity index (χ2n) is 6.96. The monoisotopic (exact) mass is 361 g/mol. The van der Waals surface area contributed by atoms with Crippen molar-refractivity contribution in [1.82, 2.24) is 24.4 Å². The number of hydrogen-bond acceptors (Lipinski definition) is 4. The van der Waals surface area contributed by atoms with Crippen LogP contribution >= 0.6 is 0 Å². The Morgan fingerprint density at radius 3 is 2.70 bits per heavy atom. The van der Waals surface area contributed by atoms with Gasteiger partial charge in [0.15, 0.2) is 5.82 Å². The second kappa shape index (κ2) is 7.31. The van der Waals surface area contributed by atoms with Gasteiger partial charge >= 0.3 is 0 Å². The maximum absolute atomic E-state index is 13.1. The van der Waals surface area contributed by atoms with Crippen LogP contribution in [0.25, 0.3) is 11.5 Å². The number of piperidine rings is 1. The molecule has 3 heterocycles. The molecule has 138 valence electrons. The van der Waals surface area contributed by atoms with Crippen molar-refractivity contribution in [2.24, 2.45) is 7.05 Å². The lowest BCUT2D eigenvalue weighted by atomic mass is 9.97.